The molecule has 0 saturated heterocycles. The van der Waals surface area contributed by atoms with Crippen molar-refractivity contribution in [1.82, 2.24) is 5.32 Å². The van der Waals surface area contributed by atoms with E-state index in [-0.39, 0.29) is 0 Å². The molecule has 1 heterocycles. The molecule has 1 fully saturated rings. The first-order valence-corrected chi connectivity index (χ1v) is 7.24. The van der Waals surface area contributed by atoms with Crippen LogP contribution in [0.25, 0.3) is 11.1 Å². The fourth-order valence-electron chi connectivity index (χ4n) is 2.03. The molecule has 1 aromatic carbocycles. The fourth-order valence-corrected chi connectivity index (χ4v) is 2.89. The Kier molecular flexibility index (Phi) is 3.35. The minimum Gasteiger partial charge on any atom is -0.497 e. The van der Waals surface area contributed by atoms with Gasteiger partial charge in [-0.3, -0.25) is 0 Å². The summed E-state index contributed by atoms with van der Waals surface area (Å²) >= 11 is 1.77. The molecule has 0 aliphatic heterocycles. The number of methoxy groups -OCH3 is 1. The van der Waals surface area contributed by atoms with Crippen LogP contribution in [0.4, 0.5) is 0 Å². The van der Waals surface area contributed by atoms with Gasteiger partial charge < -0.3 is 10.1 Å². The summed E-state index contributed by atoms with van der Waals surface area (Å²) in [6, 6.07) is 9.05. The van der Waals surface area contributed by atoms with Crippen LogP contribution < -0.4 is 10.1 Å². The van der Waals surface area contributed by atoms with Gasteiger partial charge in [-0.2, -0.15) is 11.3 Å². The number of rotatable bonds is 5. The number of thiophene rings is 1. The third kappa shape index (κ3) is 2.57. The normalized spacial score (nSPS) is 14.7. The number of hydrogen-bond acceptors (Lipinski definition) is 3. The van der Waals surface area contributed by atoms with Crippen molar-refractivity contribution >= 4 is 11.3 Å². The highest BCUT2D eigenvalue weighted by atomic mass is 32.1. The molecular formula is C15H17NOS. The maximum atomic E-state index is 5.19. The molecule has 1 saturated carbocycles. The maximum Gasteiger partial charge on any atom is 0.118 e. The lowest BCUT2D eigenvalue weighted by Crippen LogP contribution is -2.15. The van der Waals surface area contributed by atoms with Gasteiger partial charge in [0.05, 0.1) is 7.11 Å². The zero-order chi connectivity index (χ0) is 12.4. The van der Waals surface area contributed by atoms with E-state index in [4.69, 9.17) is 4.74 Å². The summed E-state index contributed by atoms with van der Waals surface area (Å²) in [4.78, 5) is 0. The van der Waals surface area contributed by atoms with Crippen LogP contribution in [-0.2, 0) is 6.54 Å². The third-order valence-corrected chi connectivity index (χ3v) is 4.09. The first-order valence-electron chi connectivity index (χ1n) is 6.29. The molecule has 1 aliphatic carbocycles. The summed E-state index contributed by atoms with van der Waals surface area (Å²) in [6.07, 6.45) is 2.67. The van der Waals surface area contributed by atoms with Crippen LogP contribution in [0.2, 0.25) is 0 Å². The summed E-state index contributed by atoms with van der Waals surface area (Å²) in [5.74, 6) is 0.909. The summed E-state index contributed by atoms with van der Waals surface area (Å²) < 4.78 is 5.19. The lowest BCUT2D eigenvalue weighted by atomic mass is 10.0. The van der Waals surface area contributed by atoms with E-state index in [0.717, 1.165) is 18.3 Å². The lowest BCUT2D eigenvalue weighted by molar-refractivity contribution is 0.415. The molecule has 0 unspecified atom stereocenters. The van der Waals surface area contributed by atoms with Crippen LogP contribution in [0.5, 0.6) is 5.75 Å². The lowest BCUT2D eigenvalue weighted by Gasteiger charge is -2.06. The molecule has 0 amide bonds. The van der Waals surface area contributed by atoms with Crippen molar-refractivity contribution < 1.29 is 4.74 Å². The topological polar surface area (TPSA) is 21.3 Å². The smallest absolute Gasteiger partial charge is 0.118 e. The van der Waals surface area contributed by atoms with Gasteiger partial charge in [-0.1, -0.05) is 12.1 Å². The second-order valence-electron chi connectivity index (χ2n) is 4.69. The van der Waals surface area contributed by atoms with Crippen molar-refractivity contribution in [2.24, 2.45) is 0 Å². The standard InChI is InChI=1S/C15H17NOS/c1-17-14-6-2-11(3-7-14)15-10-18-9-12(15)8-16-13-4-5-13/h2-3,6-7,9-10,13,16H,4-5,8H2,1H3. The Labute approximate surface area is 112 Å². The second kappa shape index (κ2) is 5.12. The quantitative estimate of drug-likeness (QED) is 0.884. The van der Waals surface area contributed by atoms with Gasteiger partial charge in [-0.05, 0) is 52.4 Å². The molecular weight excluding hydrogens is 242 g/mol. The van der Waals surface area contributed by atoms with Gasteiger partial charge in [-0.15, -0.1) is 0 Å². The van der Waals surface area contributed by atoms with Crippen molar-refractivity contribution in [2.75, 3.05) is 7.11 Å². The molecule has 94 valence electrons. The van der Waals surface area contributed by atoms with Crippen molar-refractivity contribution in [3.8, 4) is 16.9 Å². The Morgan fingerprint density at radius 1 is 1.22 bits per heavy atom. The van der Waals surface area contributed by atoms with E-state index in [1.807, 2.05) is 12.1 Å². The van der Waals surface area contributed by atoms with Crippen LogP contribution in [0.3, 0.4) is 0 Å². The van der Waals surface area contributed by atoms with Crippen LogP contribution in [0, 0.1) is 0 Å². The van der Waals surface area contributed by atoms with Gasteiger partial charge in [0.25, 0.3) is 0 Å². The van der Waals surface area contributed by atoms with E-state index in [0.29, 0.717) is 0 Å². The van der Waals surface area contributed by atoms with E-state index < -0.39 is 0 Å². The fraction of sp³-hybridized carbons (Fsp3) is 0.333. The van der Waals surface area contributed by atoms with Crippen LogP contribution in [-0.4, -0.2) is 13.2 Å². The van der Waals surface area contributed by atoms with Crippen LogP contribution in [0.1, 0.15) is 18.4 Å². The highest BCUT2D eigenvalue weighted by Crippen LogP contribution is 2.29. The minimum atomic E-state index is 0.758. The molecule has 1 aromatic heterocycles. The van der Waals surface area contributed by atoms with E-state index >= 15 is 0 Å². The molecule has 0 radical (unpaired) electrons. The molecule has 1 aliphatic rings. The Morgan fingerprint density at radius 3 is 2.67 bits per heavy atom. The SMILES string of the molecule is COc1ccc(-c2cscc2CNC2CC2)cc1. The van der Waals surface area contributed by atoms with Crippen molar-refractivity contribution in [3.05, 3.63) is 40.6 Å². The van der Waals surface area contributed by atoms with Gasteiger partial charge in [-0.25, -0.2) is 0 Å². The Hall–Kier alpha value is -1.32. The van der Waals surface area contributed by atoms with E-state index in [9.17, 15) is 0 Å². The molecule has 2 nitrogen and oxygen atoms in total. The molecule has 3 heteroatoms. The molecule has 2 aromatic rings. The second-order valence-corrected chi connectivity index (χ2v) is 5.44. The van der Waals surface area contributed by atoms with Crippen molar-refractivity contribution in [3.63, 3.8) is 0 Å². The van der Waals surface area contributed by atoms with E-state index in [2.05, 4.69) is 28.2 Å². The number of hydrogen-bond donors (Lipinski definition) is 1. The summed E-state index contributed by atoms with van der Waals surface area (Å²) in [7, 11) is 1.70. The molecule has 3 rings (SSSR count). The Bertz CT molecular complexity index is 514. The highest BCUT2D eigenvalue weighted by Gasteiger charge is 2.20. The summed E-state index contributed by atoms with van der Waals surface area (Å²) in [5, 5.41) is 8.05. The van der Waals surface area contributed by atoms with Gasteiger partial charge in [0, 0.05) is 12.6 Å². The number of ether oxygens (including phenoxy) is 1. The average Bonchev–Trinajstić information content (AvgIpc) is 3.14. The molecule has 0 bridgehead atoms. The predicted octanol–water partition coefficient (Wildman–Crippen LogP) is 3.68. The number of nitrogens with one attached hydrogen (secondary N) is 1. The zero-order valence-corrected chi connectivity index (χ0v) is 11.3. The monoisotopic (exact) mass is 259 g/mol. The number of benzene rings is 1. The van der Waals surface area contributed by atoms with Gasteiger partial charge in [0.2, 0.25) is 0 Å². The maximum absolute atomic E-state index is 5.19. The van der Waals surface area contributed by atoms with Gasteiger partial charge in [0.15, 0.2) is 0 Å². The van der Waals surface area contributed by atoms with Gasteiger partial charge in [0.1, 0.15) is 5.75 Å². The minimum absolute atomic E-state index is 0.758. The van der Waals surface area contributed by atoms with Crippen molar-refractivity contribution in [1.29, 1.82) is 0 Å². The van der Waals surface area contributed by atoms with Crippen molar-refractivity contribution in [2.45, 2.75) is 25.4 Å². The largest absolute Gasteiger partial charge is 0.497 e. The average molecular weight is 259 g/mol. The molecule has 0 spiro atoms. The van der Waals surface area contributed by atoms with E-state index in [1.54, 1.807) is 18.4 Å². The third-order valence-electron chi connectivity index (χ3n) is 3.30. The molecule has 1 N–H and O–H groups in total. The molecule has 0 atom stereocenters. The first-order chi connectivity index (χ1) is 8.86. The highest BCUT2D eigenvalue weighted by molar-refractivity contribution is 7.08. The van der Waals surface area contributed by atoms with Crippen LogP contribution >= 0.6 is 11.3 Å². The van der Waals surface area contributed by atoms with Crippen LogP contribution in [0.15, 0.2) is 35.0 Å². The summed E-state index contributed by atoms with van der Waals surface area (Å²) in [6.45, 7) is 0.982. The van der Waals surface area contributed by atoms with Gasteiger partial charge >= 0.3 is 0 Å². The zero-order valence-electron chi connectivity index (χ0n) is 10.5. The Balaban J connectivity index is 1.78. The first kappa shape index (κ1) is 11.8. The Morgan fingerprint density at radius 2 is 2.00 bits per heavy atom. The summed E-state index contributed by atoms with van der Waals surface area (Å²) in [5.41, 5.74) is 4.01. The molecule has 18 heavy (non-hydrogen) atoms. The van der Waals surface area contributed by atoms with E-state index in [1.165, 1.54) is 29.5 Å². The predicted molar refractivity (Wildman–Crippen MR) is 76.2 cm³/mol.